The number of rotatable bonds is 2. The first-order valence-corrected chi connectivity index (χ1v) is 15.5. The number of aliphatic hydroxyl groups is 1. The molecule has 4 nitrogen and oxygen atoms in total. The van der Waals surface area contributed by atoms with E-state index in [0.717, 1.165) is 6.29 Å². The van der Waals surface area contributed by atoms with E-state index >= 15 is 0 Å². The molecule has 0 aromatic rings. The van der Waals surface area contributed by atoms with Gasteiger partial charge in [-0.1, -0.05) is 0 Å². The van der Waals surface area contributed by atoms with E-state index in [1.807, 2.05) is 0 Å². The third-order valence-corrected chi connectivity index (χ3v) is 0.994. The maximum atomic E-state index is 9.37. The van der Waals surface area contributed by atoms with Gasteiger partial charge in [-0.05, 0) is 0 Å². The van der Waals surface area contributed by atoms with Gasteiger partial charge in [0, 0.05) is 232 Å². The Kier molecular flexibility index (Phi) is 427. The molecule has 0 bridgehead atoms. The molecule has 0 aliphatic heterocycles. The molecule has 0 unspecified atom stereocenters. The van der Waals surface area contributed by atoms with Crippen LogP contribution in [-0.2, 0) is 308 Å². The summed E-state index contributed by atoms with van der Waals surface area (Å²) in [5.74, 6) is 0. The van der Waals surface area contributed by atoms with E-state index < -0.39 is 5.71 Å². The fourth-order valence-corrected chi connectivity index (χ4v) is 0.193. The standard InChI is InChI=1S/C3HNO2.N.15W/c4-3(1-5)2-6;;;;;;;;;;;;;;;;/h5H;;;;;;;;;;;;;;;;/q-2;-1;;;;;;;;;;;;;;;. The third kappa shape index (κ3) is 100. The average Bonchev–Trinajstić information content (AvgIpc) is 2.10. The summed E-state index contributed by atoms with van der Waals surface area (Å²) >= 11 is 4.57. The van der Waals surface area contributed by atoms with Crippen molar-refractivity contribution in [2.24, 2.45) is 0 Å². The molecule has 0 saturated heterocycles. The molecule has 0 spiro atoms. The zero-order valence-electron chi connectivity index (χ0n) is 9.37. The number of hydrogen-bond acceptors (Lipinski definition) is 2. The quantitative estimate of drug-likeness (QED) is 0.297. The Bertz CT molecular complexity index is 158. The monoisotopic (exact) mass is 2860 g/mol. The van der Waals surface area contributed by atoms with Crippen LogP contribution in [0.1, 0.15) is 0 Å². The molecule has 22 heavy (non-hydrogen) atoms. The van der Waals surface area contributed by atoms with Crippen molar-refractivity contribution in [3.63, 3.8) is 0 Å². The minimum absolute atomic E-state index is 0. The first-order chi connectivity index (χ1) is 5.18. The Balaban J connectivity index is -0.00000000333. The van der Waals surface area contributed by atoms with Crippen LogP contribution in [0.5, 0.6) is 0 Å². The summed E-state index contributed by atoms with van der Waals surface area (Å²) < 4.78 is 6.76. The predicted molar refractivity (Wildman–Crippen MR) is 24.4 cm³/mol. The number of aliphatic hydroxyl groups excluding tert-OH is 1. The van der Waals surface area contributed by atoms with Gasteiger partial charge in [0.2, 0.25) is 0 Å². The van der Waals surface area contributed by atoms with Crippen molar-refractivity contribution >= 4 is 16.1 Å². The number of nitrogens with zero attached hydrogens (tertiary/aromatic N) is 2. The van der Waals surface area contributed by atoms with Crippen LogP contribution < -0.4 is 0 Å². The zero-order chi connectivity index (χ0) is 9.86. The molecule has 128 valence electrons. The van der Waals surface area contributed by atoms with E-state index in [-0.39, 0.29) is 236 Å². The van der Waals surface area contributed by atoms with Crippen LogP contribution in [-0.4, -0.2) is 21.2 Å². The van der Waals surface area contributed by atoms with E-state index in [1.165, 1.54) is 0 Å². The molecule has 0 atom stereocenters. The van der Waals surface area contributed by atoms with Gasteiger partial charge < -0.3 is 0 Å². The van der Waals surface area contributed by atoms with Crippen molar-refractivity contribution < 1.29 is 313 Å². The Morgan fingerprint density at radius 1 is 0.727 bits per heavy atom. The van der Waals surface area contributed by atoms with Gasteiger partial charge in [-0.2, -0.15) is 0 Å². The summed E-state index contributed by atoms with van der Waals surface area (Å²) in [6, 6.07) is 0. The summed E-state index contributed by atoms with van der Waals surface area (Å²) in [6.07, 6.45) is 1.12. The molecule has 19 heteroatoms. The molecule has 0 aromatic heterocycles. The van der Waals surface area contributed by atoms with Gasteiger partial charge in [-0.3, -0.25) is 0 Å². The molecule has 0 heterocycles. The van der Waals surface area contributed by atoms with Crippen LogP contribution in [0.15, 0.2) is 0 Å². The van der Waals surface area contributed by atoms with E-state index in [2.05, 4.69) is 0 Å². The Morgan fingerprint density at radius 3 is 0.864 bits per heavy atom. The molecule has 0 aliphatic carbocycles. The summed E-state index contributed by atoms with van der Waals surface area (Å²) in [6.45, 7) is 0. The third-order valence-electron chi connectivity index (χ3n) is 0.299. The van der Waals surface area contributed by atoms with Gasteiger partial charge in [0.1, 0.15) is 0 Å². The Morgan fingerprint density at radius 2 is 0.864 bits per heavy atom. The van der Waals surface area contributed by atoms with Crippen molar-refractivity contribution in [3.05, 3.63) is 9.32 Å². The number of carbonyl (C=O) groups excluding carboxylic acids is 1. The van der Waals surface area contributed by atoms with Crippen molar-refractivity contribution in [2.45, 2.75) is 0 Å². The van der Waals surface area contributed by atoms with Gasteiger partial charge in [-0.25, -0.2) is 0 Å². The topological polar surface area (TPSA) is 81.9 Å². The van der Waals surface area contributed by atoms with E-state index in [4.69, 9.17) is 14.4 Å². The van der Waals surface area contributed by atoms with Crippen LogP contribution in [0.3, 0.4) is 0 Å². The Hall–Kier alpha value is 9.29. The van der Waals surface area contributed by atoms with Gasteiger partial charge in [-0.15, -0.1) is 0 Å². The summed E-state index contributed by atoms with van der Waals surface area (Å²) in [5.41, 5.74) is -0.699. The second-order valence-corrected chi connectivity index (χ2v) is 2.15. The molecule has 0 saturated carbocycles. The maximum absolute atomic E-state index is 9.37. The van der Waals surface area contributed by atoms with Gasteiger partial charge in [0.15, 0.2) is 0 Å². The normalized spacial score (nSPS) is 2.77. The average molecular weight is 2850 g/mol. The molecule has 0 rings (SSSR count). The van der Waals surface area contributed by atoms with Crippen molar-refractivity contribution in [1.29, 1.82) is 0 Å². The summed E-state index contributed by atoms with van der Waals surface area (Å²) in [4.78, 5) is 9.37. The molecular weight excluding hydrogens is 2850 g/mol. The summed E-state index contributed by atoms with van der Waals surface area (Å²) in [5, 5.41) is 16.4. The fourth-order valence-electron chi connectivity index (χ4n) is 0.0437. The van der Waals surface area contributed by atoms with Gasteiger partial charge >= 0.3 is 107 Å². The second-order valence-electron chi connectivity index (χ2n) is 0.756. The molecule has 0 fully saturated rings. The van der Waals surface area contributed by atoms with Crippen LogP contribution in [0.25, 0.3) is 9.32 Å². The predicted octanol–water partition coefficient (Wildman–Crippen LogP) is -0.591. The molecule has 0 radical (unpaired) electrons. The zero-order valence-corrected chi connectivity index (χ0v) is 53.4. The van der Waals surface area contributed by atoms with E-state index in [9.17, 15) is 4.79 Å². The van der Waals surface area contributed by atoms with Crippen molar-refractivity contribution in [1.82, 2.24) is 0 Å². The second kappa shape index (κ2) is 97.9. The molecular formula is C3HN2O2W15-3. The molecule has 0 aromatic carbocycles. The van der Waals surface area contributed by atoms with Crippen LogP contribution >= 0.6 is 0 Å². The number of hydrogen-bond donors (Lipinski definition) is 1. The first-order valence-electron chi connectivity index (χ1n) is 1.70. The summed E-state index contributed by atoms with van der Waals surface area (Å²) in [7, 11) is 0. The molecule has 0 aliphatic rings. The molecule has 1 N–H and O–H groups in total. The first kappa shape index (κ1) is 96.0. The van der Waals surface area contributed by atoms with Crippen molar-refractivity contribution in [3.8, 4) is 0 Å². The van der Waals surface area contributed by atoms with Gasteiger partial charge in [0.25, 0.3) is 0 Å². The van der Waals surface area contributed by atoms with Gasteiger partial charge in [0.05, 0.1) is 0 Å². The SMILES string of the molecule is [N-]=C([C-]=O)[C](O)=[W].[N-]=[W].[W].[W].[W].[W].[W].[W].[W].[W].[W].[W].[W].[W]=[W]. The minimum atomic E-state index is -0.699. The van der Waals surface area contributed by atoms with Crippen LogP contribution in [0.4, 0.5) is 0 Å². The van der Waals surface area contributed by atoms with Crippen LogP contribution in [0.2, 0.25) is 0 Å². The molecule has 0 amide bonds. The fraction of sp³-hybridized carbons (Fsp3) is 0. The van der Waals surface area contributed by atoms with E-state index in [1.54, 1.807) is 32.4 Å². The van der Waals surface area contributed by atoms with Crippen LogP contribution in [0, 0.1) is 0 Å². The van der Waals surface area contributed by atoms with Crippen molar-refractivity contribution in [2.75, 3.05) is 0 Å². The van der Waals surface area contributed by atoms with E-state index in [0.29, 0.717) is 39.0 Å². The Labute approximate surface area is 329 Å².